The molecule has 0 saturated carbocycles. The van der Waals surface area contributed by atoms with Crippen LogP contribution < -0.4 is 0 Å². The van der Waals surface area contributed by atoms with E-state index in [0.29, 0.717) is 0 Å². The summed E-state index contributed by atoms with van der Waals surface area (Å²) < 4.78 is 10.6. The standard InChI is InChI=1S/C11H25NO2Si/c1-5-7-10(8-9-12-6-2)15-11(13-3)14-4/h6,10-11H,5,7-9,15H2,1-4H3. The Hall–Kier alpha value is -0.193. The Kier molecular flexibility index (Phi) is 10.2. The molecule has 0 aliphatic rings. The number of rotatable bonds is 9. The lowest BCUT2D eigenvalue weighted by molar-refractivity contribution is -0.0449. The molecule has 0 heterocycles. The second kappa shape index (κ2) is 10.3. The van der Waals surface area contributed by atoms with Crippen molar-refractivity contribution in [3.05, 3.63) is 0 Å². The zero-order valence-corrected chi connectivity index (χ0v) is 11.9. The summed E-state index contributed by atoms with van der Waals surface area (Å²) in [6.07, 6.45) is 5.60. The largest absolute Gasteiger partial charge is 0.360 e. The molecule has 0 aromatic rings. The van der Waals surface area contributed by atoms with Gasteiger partial charge in [-0.15, -0.1) is 0 Å². The molecule has 1 unspecified atom stereocenters. The second-order valence-corrected chi connectivity index (χ2v) is 6.04. The van der Waals surface area contributed by atoms with Crippen molar-refractivity contribution < 1.29 is 9.47 Å². The molecule has 0 aromatic heterocycles. The maximum Gasteiger partial charge on any atom is 0.134 e. The van der Waals surface area contributed by atoms with Crippen LogP contribution in [0.25, 0.3) is 0 Å². The Balaban J connectivity index is 3.89. The average Bonchev–Trinajstić information content (AvgIpc) is 2.26. The molecule has 0 aliphatic heterocycles. The van der Waals surface area contributed by atoms with Gasteiger partial charge in [0.2, 0.25) is 0 Å². The summed E-state index contributed by atoms with van der Waals surface area (Å²) in [6, 6.07) is 0. The fraction of sp³-hybridized carbons (Fsp3) is 0.909. The van der Waals surface area contributed by atoms with E-state index in [2.05, 4.69) is 11.9 Å². The SMILES string of the molecule is CC=NCCC(CCC)[SiH2]C(OC)OC. The van der Waals surface area contributed by atoms with Crippen LogP contribution in [-0.4, -0.2) is 42.4 Å². The summed E-state index contributed by atoms with van der Waals surface area (Å²) in [4.78, 5) is 4.27. The maximum atomic E-state index is 5.28. The fourth-order valence-corrected chi connectivity index (χ4v) is 3.73. The molecule has 0 radical (unpaired) electrons. The lowest BCUT2D eigenvalue weighted by atomic mass is 10.2. The lowest BCUT2D eigenvalue weighted by Gasteiger charge is -2.20. The Morgan fingerprint density at radius 2 is 1.93 bits per heavy atom. The molecule has 3 nitrogen and oxygen atoms in total. The van der Waals surface area contributed by atoms with Gasteiger partial charge in [0.25, 0.3) is 0 Å². The molecule has 15 heavy (non-hydrogen) atoms. The molecule has 0 aliphatic carbocycles. The van der Waals surface area contributed by atoms with Gasteiger partial charge < -0.3 is 9.47 Å². The van der Waals surface area contributed by atoms with Gasteiger partial charge in [-0.25, -0.2) is 0 Å². The highest BCUT2D eigenvalue weighted by Gasteiger charge is 2.15. The first-order valence-corrected chi connectivity index (χ1v) is 7.41. The van der Waals surface area contributed by atoms with Crippen LogP contribution in [0.2, 0.25) is 5.54 Å². The van der Waals surface area contributed by atoms with Crippen molar-refractivity contribution >= 4 is 15.7 Å². The van der Waals surface area contributed by atoms with Gasteiger partial charge in [0.1, 0.15) is 5.91 Å². The second-order valence-electron chi connectivity index (χ2n) is 3.74. The van der Waals surface area contributed by atoms with Crippen molar-refractivity contribution in [3.63, 3.8) is 0 Å². The number of hydrogen-bond acceptors (Lipinski definition) is 3. The van der Waals surface area contributed by atoms with E-state index in [0.717, 1.165) is 12.1 Å². The zero-order chi connectivity index (χ0) is 11.5. The van der Waals surface area contributed by atoms with E-state index < -0.39 is 0 Å². The Bertz CT molecular complexity index is 161. The van der Waals surface area contributed by atoms with Gasteiger partial charge in [-0.2, -0.15) is 0 Å². The summed E-state index contributed by atoms with van der Waals surface area (Å²) in [7, 11) is 3.14. The summed E-state index contributed by atoms with van der Waals surface area (Å²) >= 11 is 0. The van der Waals surface area contributed by atoms with Gasteiger partial charge in [0.05, 0.1) is 9.52 Å². The molecule has 0 bridgehead atoms. The number of aliphatic imine (C=N–C) groups is 1. The van der Waals surface area contributed by atoms with Crippen LogP contribution in [0, 0.1) is 0 Å². The smallest absolute Gasteiger partial charge is 0.134 e. The summed E-state index contributed by atoms with van der Waals surface area (Å²) in [5.74, 6) is 0.0761. The van der Waals surface area contributed by atoms with Gasteiger partial charge in [-0.05, 0) is 25.1 Å². The van der Waals surface area contributed by atoms with Gasteiger partial charge in [0.15, 0.2) is 0 Å². The van der Waals surface area contributed by atoms with Crippen LogP contribution in [0.15, 0.2) is 4.99 Å². The number of ether oxygens (including phenoxy) is 2. The lowest BCUT2D eigenvalue weighted by Crippen LogP contribution is -2.25. The number of nitrogens with zero attached hydrogens (tertiary/aromatic N) is 1. The van der Waals surface area contributed by atoms with Crippen LogP contribution in [0.5, 0.6) is 0 Å². The number of hydrogen-bond donors (Lipinski definition) is 0. The predicted molar refractivity (Wildman–Crippen MR) is 68.7 cm³/mol. The van der Waals surface area contributed by atoms with Crippen LogP contribution >= 0.6 is 0 Å². The molecule has 0 rings (SSSR count). The molecular formula is C11H25NO2Si. The monoisotopic (exact) mass is 231 g/mol. The van der Waals surface area contributed by atoms with Crippen molar-refractivity contribution in [2.45, 2.75) is 44.6 Å². The molecule has 0 N–H and O–H groups in total. The van der Waals surface area contributed by atoms with E-state index in [-0.39, 0.29) is 15.4 Å². The minimum Gasteiger partial charge on any atom is -0.360 e. The van der Waals surface area contributed by atoms with Gasteiger partial charge in [-0.1, -0.05) is 19.8 Å². The average molecular weight is 231 g/mol. The van der Waals surface area contributed by atoms with Crippen molar-refractivity contribution in [2.75, 3.05) is 20.8 Å². The highest BCUT2D eigenvalue weighted by molar-refractivity contribution is 6.38. The third kappa shape index (κ3) is 7.70. The van der Waals surface area contributed by atoms with Crippen LogP contribution in [-0.2, 0) is 9.47 Å². The third-order valence-corrected chi connectivity index (χ3v) is 5.13. The molecule has 0 fully saturated rings. The van der Waals surface area contributed by atoms with Crippen molar-refractivity contribution in [1.29, 1.82) is 0 Å². The fourth-order valence-electron chi connectivity index (χ4n) is 1.74. The van der Waals surface area contributed by atoms with E-state index in [4.69, 9.17) is 9.47 Å². The first kappa shape index (κ1) is 14.8. The van der Waals surface area contributed by atoms with Crippen molar-refractivity contribution in [1.82, 2.24) is 0 Å². The minimum absolute atomic E-state index is 0.0761. The van der Waals surface area contributed by atoms with E-state index in [1.165, 1.54) is 19.3 Å². The van der Waals surface area contributed by atoms with Gasteiger partial charge in [-0.3, -0.25) is 4.99 Å². The van der Waals surface area contributed by atoms with E-state index in [1.54, 1.807) is 14.2 Å². The molecule has 4 heteroatoms. The van der Waals surface area contributed by atoms with E-state index in [1.807, 2.05) is 13.1 Å². The summed E-state index contributed by atoms with van der Waals surface area (Å²) in [5.41, 5.74) is 0.795. The van der Waals surface area contributed by atoms with Crippen LogP contribution in [0.1, 0.15) is 33.1 Å². The molecule has 0 amide bonds. The third-order valence-electron chi connectivity index (χ3n) is 2.60. The number of methoxy groups -OCH3 is 2. The summed E-state index contributed by atoms with van der Waals surface area (Å²) in [6.45, 7) is 5.16. The normalized spacial score (nSPS) is 14.7. The van der Waals surface area contributed by atoms with Gasteiger partial charge in [0, 0.05) is 20.8 Å². The van der Waals surface area contributed by atoms with Crippen LogP contribution in [0.3, 0.4) is 0 Å². The van der Waals surface area contributed by atoms with E-state index >= 15 is 0 Å². The first-order valence-electron chi connectivity index (χ1n) is 5.78. The quantitative estimate of drug-likeness (QED) is 0.344. The Labute approximate surface area is 96.1 Å². The zero-order valence-electron chi connectivity index (χ0n) is 10.5. The molecule has 90 valence electrons. The van der Waals surface area contributed by atoms with E-state index in [9.17, 15) is 0 Å². The maximum absolute atomic E-state index is 5.28. The molecular weight excluding hydrogens is 206 g/mol. The minimum atomic E-state index is -0.318. The molecule has 0 aromatic carbocycles. The Morgan fingerprint density at radius 3 is 2.40 bits per heavy atom. The predicted octanol–water partition coefficient (Wildman–Crippen LogP) is 1.80. The highest BCUT2D eigenvalue weighted by Crippen LogP contribution is 2.18. The van der Waals surface area contributed by atoms with Crippen LogP contribution in [0.4, 0.5) is 0 Å². The Morgan fingerprint density at radius 1 is 1.27 bits per heavy atom. The van der Waals surface area contributed by atoms with Gasteiger partial charge >= 0.3 is 0 Å². The topological polar surface area (TPSA) is 30.8 Å². The molecule has 0 spiro atoms. The molecule has 1 atom stereocenters. The van der Waals surface area contributed by atoms with Crippen molar-refractivity contribution in [3.8, 4) is 0 Å². The first-order chi connectivity index (χ1) is 7.28. The molecule has 0 saturated heterocycles. The van der Waals surface area contributed by atoms with Crippen molar-refractivity contribution in [2.24, 2.45) is 4.99 Å². The summed E-state index contributed by atoms with van der Waals surface area (Å²) in [5, 5.41) is 0. The highest BCUT2D eigenvalue weighted by atomic mass is 28.2.